The summed E-state index contributed by atoms with van der Waals surface area (Å²) in [4.78, 5) is 31.8. The van der Waals surface area contributed by atoms with Crippen LogP contribution in [0.4, 0.5) is 5.69 Å². The van der Waals surface area contributed by atoms with Crippen molar-refractivity contribution >= 4 is 62.6 Å². The highest BCUT2D eigenvalue weighted by atomic mass is 35.5. The predicted octanol–water partition coefficient (Wildman–Crippen LogP) is 9.30. The van der Waals surface area contributed by atoms with Gasteiger partial charge in [-0.05, 0) is 101 Å². The molecule has 0 bridgehead atoms. The topological polar surface area (TPSA) is 105 Å². The first-order valence-electron chi connectivity index (χ1n) is 16.7. The molecule has 50 heavy (non-hydrogen) atoms. The monoisotopic (exact) mass is 711 g/mol. The van der Waals surface area contributed by atoms with Crippen molar-refractivity contribution in [3.8, 4) is 16.9 Å². The molecule has 7 rings (SSSR count). The minimum absolute atomic E-state index is 0.0757. The van der Waals surface area contributed by atoms with Gasteiger partial charge >= 0.3 is 5.97 Å². The summed E-state index contributed by atoms with van der Waals surface area (Å²) >= 11 is 13.5. The van der Waals surface area contributed by atoms with Crippen LogP contribution >= 0.6 is 23.2 Å². The number of H-pyrrole nitrogens is 1. The molecule has 0 unspecified atom stereocenters. The molecule has 6 aromatic rings. The predicted molar refractivity (Wildman–Crippen MR) is 200 cm³/mol. The number of aromatic amines is 1. The summed E-state index contributed by atoms with van der Waals surface area (Å²) in [5.74, 6) is -0.444. The van der Waals surface area contributed by atoms with Gasteiger partial charge in [0.25, 0.3) is 5.91 Å². The van der Waals surface area contributed by atoms with Gasteiger partial charge in [0.05, 0.1) is 34.0 Å². The van der Waals surface area contributed by atoms with Crippen molar-refractivity contribution in [2.24, 2.45) is 7.05 Å². The molecule has 9 nitrogen and oxygen atoms in total. The van der Waals surface area contributed by atoms with Gasteiger partial charge in [-0.3, -0.25) is 9.48 Å². The van der Waals surface area contributed by atoms with E-state index < -0.39 is 5.97 Å². The van der Waals surface area contributed by atoms with Crippen LogP contribution in [0.1, 0.15) is 74.0 Å². The van der Waals surface area contributed by atoms with E-state index in [4.69, 9.17) is 33.0 Å². The Bertz CT molecular complexity index is 2360. The molecule has 258 valence electrons. The van der Waals surface area contributed by atoms with Crippen molar-refractivity contribution < 1.29 is 19.4 Å². The number of carbonyl (C=O) groups is 2. The van der Waals surface area contributed by atoms with Gasteiger partial charge in [-0.1, -0.05) is 41.4 Å². The van der Waals surface area contributed by atoms with E-state index >= 15 is 4.79 Å². The van der Waals surface area contributed by atoms with E-state index in [-0.39, 0.29) is 17.6 Å². The Hall–Kier alpha value is -4.73. The number of nitrogens with zero attached hydrogens (tertiary/aromatic N) is 4. The van der Waals surface area contributed by atoms with E-state index in [1.54, 1.807) is 11.0 Å². The number of rotatable bonds is 8. The van der Waals surface area contributed by atoms with Crippen molar-refractivity contribution in [1.82, 2.24) is 19.3 Å². The molecule has 1 aliphatic rings. The molecule has 1 aliphatic heterocycles. The number of benzene rings is 3. The minimum atomic E-state index is -1.05. The lowest BCUT2D eigenvalue weighted by molar-refractivity contribution is 0.0691. The molecule has 2 N–H and O–H groups in total. The third kappa shape index (κ3) is 5.34. The number of aryl methyl sites for hydroxylation is 6. The average molecular weight is 713 g/mol. The van der Waals surface area contributed by atoms with Gasteiger partial charge < -0.3 is 24.3 Å². The lowest BCUT2D eigenvalue weighted by Gasteiger charge is -2.35. The maximum atomic E-state index is 15.0. The summed E-state index contributed by atoms with van der Waals surface area (Å²) in [7, 11) is 1.92. The van der Waals surface area contributed by atoms with Crippen LogP contribution in [0.3, 0.4) is 0 Å². The lowest BCUT2D eigenvalue weighted by Crippen LogP contribution is -2.43. The Morgan fingerprint density at radius 2 is 1.74 bits per heavy atom. The van der Waals surface area contributed by atoms with Crippen LogP contribution in [-0.2, 0) is 13.5 Å². The van der Waals surface area contributed by atoms with Crippen molar-refractivity contribution in [3.05, 3.63) is 97.5 Å². The number of hydrogen-bond donors (Lipinski definition) is 2. The van der Waals surface area contributed by atoms with Crippen molar-refractivity contribution in [2.45, 2.75) is 60.4 Å². The van der Waals surface area contributed by atoms with Crippen LogP contribution in [0.2, 0.25) is 10.0 Å². The number of amides is 1. The molecule has 1 amide bonds. The Balaban J connectivity index is 1.39. The van der Waals surface area contributed by atoms with Crippen molar-refractivity contribution in [2.75, 3.05) is 18.1 Å². The molecule has 0 spiro atoms. The molecule has 1 atom stereocenters. The highest BCUT2D eigenvalue weighted by molar-refractivity contribution is 6.35. The van der Waals surface area contributed by atoms with Crippen LogP contribution in [0.25, 0.3) is 32.9 Å². The number of aromatic carboxylic acids is 1. The highest BCUT2D eigenvalue weighted by Gasteiger charge is 2.38. The van der Waals surface area contributed by atoms with E-state index in [0.717, 1.165) is 71.8 Å². The molecule has 0 saturated carbocycles. The number of halogens is 2. The fourth-order valence-corrected chi connectivity index (χ4v) is 8.03. The number of hydrogen-bond acceptors (Lipinski definition) is 4. The first-order chi connectivity index (χ1) is 23.8. The first kappa shape index (κ1) is 33.8. The SMILES string of the molecule is Cc1cc(OCCCc2c3n(c4c(-c5c(C)nn(C)c5C)c(Cl)ccc24)[C@H](C)CN(c2c(C)ccc4cc(C(=O)O)[nH]c24)C3=O)cc(C)c1Cl. The number of carboxylic acids is 1. The summed E-state index contributed by atoms with van der Waals surface area (Å²) in [6.07, 6.45) is 1.24. The van der Waals surface area contributed by atoms with Crippen LogP contribution in [0.15, 0.2) is 42.5 Å². The second-order valence-corrected chi connectivity index (χ2v) is 14.2. The number of anilines is 1. The van der Waals surface area contributed by atoms with Gasteiger partial charge in [-0.25, -0.2) is 4.79 Å². The van der Waals surface area contributed by atoms with Gasteiger partial charge in [-0.2, -0.15) is 5.10 Å². The number of fused-ring (bicyclic) bond motifs is 4. The van der Waals surface area contributed by atoms with Crippen LogP contribution < -0.4 is 9.64 Å². The number of nitrogens with one attached hydrogen (secondary N) is 1. The molecule has 0 saturated heterocycles. The summed E-state index contributed by atoms with van der Waals surface area (Å²) in [5.41, 5.74) is 10.3. The van der Waals surface area contributed by atoms with E-state index in [2.05, 4.69) is 16.5 Å². The number of carbonyl (C=O) groups excluding carboxylic acids is 1. The third-order valence-electron chi connectivity index (χ3n) is 10.0. The van der Waals surface area contributed by atoms with Crippen molar-refractivity contribution in [1.29, 1.82) is 0 Å². The minimum Gasteiger partial charge on any atom is -0.494 e. The quantitative estimate of drug-likeness (QED) is 0.153. The summed E-state index contributed by atoms with van der Waals surface area (Å²) < 4.78 is 10.2. The third-order valence-corrected chi connectivity index (χ3v) is 10.9. The molecule has 0 radical (unpaired) electrons. The van der Waals surface area contributed by atoms with Crippen molar-refractivity contribution in [3.63, 3.8) is 0 Å². The summed E-state index contributed by atoms with van der Waals surface area (Å²) in [5, 5.41) is 17.5. The zero-order valence-electron chi connectivity index (χ0n) is 29.2. The van der Waals surface area contributed by atoms with E-state index in [9.17, 15) is 9.90 Å². The normalized spacial score (nSPS) is 14.6. The van der Waals surface area contributed by atoms with E-state index in [1.807, 2.05) is 82.7 Å². The van der Waals surface area contributed by atoms with Gasteiger partial charge in [0.1, 0.15) is 17.1 Å². The summed E-state index contributed by atoms with van der Waals surface area (Å²) in [6, 6.07) is 13.1. The first-order valence-corrected chi connectivity index (χ1v) is 17.5. The Morgan fingerprint density at radius 3 is 2.40 bits per heavy atom. The maximum Gasteiger partial charge on any atom is 0.352 e. The van der Waals surface area contributed by atoms with Crippen LogP contribution in [0, 0.1) is 34.6 Å². The van der Waals surface area contributed by atoms with Crippen LogP contribution in [-0.4, -0.2) is 49.5 Å². The van der Waals surface area contributed by atoms with Gasteiger partial charge in [0.2, 0.25) is 0 Å². The summed E-state index contributed by atoms with van der Waals surface area (Å²) in [6.45, 7) is 12.8. The molecular weight excluding hydrogens is 673 g/mol. The molecule has 0 fully saturated rings. The Labute approximate surface area is 300 Å². The zero-order chi connectivity index (χ0) is 35.8. The number of ether oxygens (including phenoxy) is 1. The van der Waals surface area contributed by atoms with E-state index in [1.165, 1.54) is 0 Å². The van der Waals surface area contributed by atoms with E-state index in [0.29, 0.717) is 47.9 Å². The zero-order valence-corrected chi connectivity index (χ0v) is 30.7. The largest absolute Gasteiger partial charge is 0.494 e. The standard InChI is InChI=1S/C39H39Cl2N5O4/c1-19-10-11-25-17-30(39(48)49)42-34(25)35(19)45-18-22(4)46-36-28(12-13-29(40)32(36)31-23(5)43-44(7)24(31)6)27(37(46)38(45)47)9-8-14-50-26-15-20(2)33(41)21(3)16-26/h10-13,15-17,22,42H,8-9,14,18H2,1-7H3,(H,48,49)/t22-/m1/s1. The molecule has 0 aliphatic carbocycles. The second-order valence-electron chi connectivity index (χ2n) is 13.5. The lowest BCUT2D eigenvalue weighted by atomic mass is 9.98. The van der Waals surface area contributed by atoms with Gasteiger partial charge in [-0.15, -0.1) is 0 Å². The molecular formula is C39H39Cl2N5O4. The maximum absolute atomic E-state index is 15.0. The Morgan fingerprint density at radius 1 is 1.02 bits per heavy atom. The van der Waals surface area contributed by atoms with Gasteiger partial charge in [0.15, 0.2) is 0 Å². The molecule has 3 aromatic heterocycles. The second kappa shape index (κ2) is 12.5. The number of carboxylic acid groups (broad SMARTS) is 1. The average Bonchev–Trinajstić information content (AvgIpc) is 3.72. The fraction of sp³-hybridized carbons (Fsp3) is 0.308. The van der Waals surface area contributed by atoms with Gasteiger partial charge in [0, 0.05) is 52.3 Å². The van der Waals surface area contributed by atoms with Crippen LogP contribution in [0.5, 0.6) is 5.75 Å². The Kier molecular flexibility index (Phi) is 8.47. The molecule has 11 heteroatoms. The highest BCUT2D eigenvalue weighted by Crippen LogP contribution is 2.46. The smallest absolute Gasteiger partial charge is 0.352 e. The number of aromatic nitrogens is 4. The molecule has 3 aromatic carbocycles. The fourth-order valence-electron chi connectivity index (χ4n) is 7.67. The molecule has 4 heterocycles.